The zero-order chi connectivity index (χ0) is 15.6. The second kappa shape index (κ2) is 6.74. The van der Waals surface area contributed by atoms with E-state index in [1.54, 1.807) is 0 Å². The number of carboxylic acid groups (broad SMARTS) is 1. The molecule has 2 rings (SSSR count). The number of likely N-dealkylation sites (N-methyl/N-ethyl adjacent to an activating group) is 1. The maximum atomic E-state index is 12.4. The lowest BCUT2D eigenvalue weighted by atomic mass is 10.1. The molecular weight excluding hydrogens is 380 g/mol. The van der Waals surface area contributed by atoms with Gasteiger partial charge < -0.3 is 10.0 Å². The molecule has 2 N–H and O–H groups in total. The minimum Gasteiger partial charge on any atom is -0.477 e. The van der Waals surface area contributed by atoms with Crippen molar-refractivity contribution in [2.24, 2.45) is 0 Å². The summed E-state index contributed by atoms with van der Waals surface area (Å²) >= 11 is 4.04. The molecule has 1 fully saturated rings. The van der Waals surface area contributed by atoms with Gasteiger partial charge in [-0.15, -0.1) is 11.3 Å². The van der Waals surface area contributed by atoms with Crippen molar-refractivity contribution >= 4 is 43.3 Å². The maximum absolute atomic E-state index is 12.4. The topological polar surface area (TPSA) is 86.7 Å². The highest BCUT2D eigenvalue weighted by Crippen LogP contribution is 2.32. The van der Waals surface area contributed by atoms with Crippen LogP contribution in [0.1, 0.15) is 29.4 Å². The molecule has 9 heteroatoms. The van der Waals surface area contributed by atoms with E-state index in [9.17, 15) is 13.2 Å². The van der Waals surface area contributed by atoms with E-state index in [0.29, 0.717) is 10.3 Å². The van der Waals surface area contributed by atoms with Crippen molar-refractivity contribution in [2.75, 3.05) is 19.6 Å². The predicted molar refractivity (Wildman–Crippen MR) is 84.4 cm³/mol. The van der Waals surface area contributed by atoms with Gasteiger partial charge in [0.1, 0.15) is 9.77 Å². The van der Waals surface area contributed by atoms with E-state index < -0.39 is 16.0 Å². The van der Waals surface area contributed by atoms with Gasteiger partial charge in [-0.1, -0.05) is 6.92 Å². The normalized spacial score (nSPS) is 20.6. The molecule has 6 nitrogen and oxygen atoms in total. The summed E-state index contributed by atoms with van der Waals surface area (Å²) < 4.78 is 27.8. The summed E-state index contributed by atoms with van der Waals surface area (Å²) in [5, 5.41) is 8.94. The molecule has 1 aromatic rings. The third-order valence-corrected chi connectivity index (χ3v) is 7.19. The van der Waals surface area contributed by atoms with Gasteiger partial charge in [0.25, 0.3) is 0 Å². The van der Waals surface area contributed by atoms with Crippen LogP contribution in [0.2, 0.25) is 0 Å². The second-order valence-corrected chi connectivity index (χ2v) is 8.96. The Hall–Kier alpha value is -0.480. The summed E-state index contributed by atoms with van der Waals surface area (Å²) in [4.78, 5) is 13.1. The van der Waals surface area contributed by atoms with Crippen LogP contribution in [0.25, 0.3) is 0 Å². The monoisotopic (exact) mass is 396 g/mol. The van der Waals surface area contributed by atoms with E-state index in [2.05, 4.69) is 25.6 Å². The summed E-state index contributed by atoms with van der Waals surface area (Å²) in [6.45, 7) is 4.61. The van der Waals surface area contributed by atoms with Crippen LogP contribution in [-0.2, 0) is 10.0 Å². The van der Waals surface area contributed by atoms with E-state index in [0.717, 1.165) is 37.3 Å². The lowest BCUT2D eigenvalue weighted by molar-refractivity contribution is 0.0702. The fraction of sp³-hybridized carbons (Fsp3) is 0.583. The molecule has 0 radical (unpaired) electrons. The third kappa shape index (κ3) is 4.04. The first-order chi connectivity index (χ1) is 9.83. The number of likely N-dealkylation sites (tertiary alicyclic amines) is 1. The highest BCUT2D eigenvalue weighted by atomic mass is 79.9. The molecule has 1 aliphatic heterocycles. The molecule has 0 spiro atoms. The number of carbonyl (C=O) groups is 1. The first-order valence-corrected chi connectivity index (χ1v) is 9.70. The number of halogens is 1. The molecule has 0 aromatic carbocycles. The molecule has 1 saturated heterocycles. The number of piperidine rings is 1. The van der Waals surface area contributed by atoms with Gasteiger partial charge in [0, 0.05) is 12.6 Å². The average Bonchev–Trinajstić information content (AvgIpc) is 2.81. The van der Waals surface area contributed by atoms with Crippen molar-refractivity contribution in [1.82, 2.24) is 9.62 Å². The minimum atomic E-state index is -3.71. The van der Waals surface area contributed by atoms with E-state index in [1.807, 2.05) is 6.92 Å². The molecule has 21 heavy (non-hydrogen) atoms. The van der Waals surface area contributed by atoms with Gasteiger partial charge in [-0.3, -0.25) is 0 Å². The number of nitrogens with one attached hydrogen (secondary N) is 1. The van der Waals surface area contributed by atoms with Crippen LogP contribution in [0.4, 0.5) is 0 Å². The molecular formula is C12H17BrN2O4S2. The van der Waals surface area contributed by atoms with Crippen LogP contribution in [0.15, 0.2) is 14.7 Å². The predicted octanol–water partition coefficient (Wildman–Crippen LogP) is 1.97. The Morgan fingerprint density at radius 3 is 2.90 bits per heavy atom. The molecule has 1 aromatic heterocycles. The molecule has 118 valence electrons. The second-order valence-electron chi connectivity index (χ2n) is 4.91. The lowest BCUT2D eigenvalue weighted by Gasteiger charge is -2.31. The first-order valence-electron chi connectivity index (χ1n) is 6.60. The summed E-state index contributed by atoms with van der Waals surface area (Å²) in [6, 6.07) is 1.06. The van der Waals surface area contributed by atoms with Gasteiger partial charge >= 0.3 is 5.97 Å². The number of hydrogen-bond donors (Lipinski definition) is 2. The van der Waals surface area contributed by atoms with E-state index in [1.165, 1.54) is 6.07 Å². The van der Waals surface area contributed by atoms with E-state index >= 15 is 0 Å². The summed E-state index contributed by atoms with van der Waals surface area (Å²) in [5.74, 6) is -1.13. The lowest BCUT2D eigenvalue weighted by Crippen LogP contribution is -2.47. The summed E-state index contributed by atoms with van der Waals surface area (Å²) in [6.07, 6.45) is 1.75. The standard InChI is InChI=1S/C12H17BrN2O4S2/c1-2-15-5-3-4-8(7-15)14-21(18,19)10-6-9(12(16)17)20-11(10)13/h6,8,14H,2-5,7H2,1H3,(H,16,17). The van der Waals surface area contributed by atoms with Crippen LogP contribution in [0, 0.1) is 0 Å². The molecule has 1 aliphatic rings. The number of nitrogens with zero attached hydrogens (tertiary/aromatic N) is 1. The van der Waals surface area contributed by atoms with Crippen LogP contribution in [0.3, 0.4) is 0 Å². The van der Waals surface area contributed by atoms with E-state index in [-0.39, 0.29) is 15.8 Å². The van der Waals surface area contributed by atoms with Crippen molar-refractivity contribution < 1.29 is 18.3 Å². The van der Waals surface area contributed by atoms with Gasteiger partial charge in [0.15, 0.2) is 0 Å². The quantitative estimate of drug-likeness (QED) is 0.794. The first kappa shape index (κ1) is 16.9. The number of hydrogen-bond acceptors (Lipinski definition) is 5. The summed E-state index contributed by atoms with van der Waals surface area (Å²) in [7, 11) is -3.71. The van der Waals surface area contributed by atoms with Crippen LogP contribution in [0.5, 0.6) is 0 Å². The van der Waals surface area contributed by atoms with Gasteiger partial charge in [0.2, 0.25) is 10.0 Å². The van der Waals surface area contributed by atoms with Gasteiger partial charge in [0.05, 0.1) is 3.79 Å². The Morgan fingerprint density at radius 2 is 2.33 bits per heavy atom. The molecule has 0 amide bonds. The maximum Gasteiger partial charge on any atom is 0.345 e. The fourth-order valence-electron chi connectivity index (χ4n) is 2.36. The Balaban J connectivity index is 2.16. The number of rotatable bonds is 5. The molecule has 0 aliphatic carbocycles. The largest absolute Gasteiger partial charge is 0.477 e. The Labute approximate surface area is 136 Å². The Kier molecular flexibility index (Phi) is 5.42. The van der Waals surface area contributed by atoms with Crippen molar-refractivity contribution in [3.05, 3.63) is 14.7 Å². The smallest absolute Gasteiger partial charge is 0.345 e. The zero-order valence-electron chi connectivity index (χ0n) is 11.5. The van der Waals surface area contributed by atoms with E-state index in [4.69, 9.17) is 5.11 Å². The SMILES string of the molecule is CCN1CCCC(NS(=O)(=O)c2cc(C(=O)O)sc2Br)C1. The van der Waals surface area contributed by atoms with Gasteiger partial charge in [-0.05, 0) is 47.9 Å². The third-order valence-electron chi connectivity index (χ3n) is 3.43. The molecule has 0 saturated carbocycles. The van der Waals surface area contributed by atoms with Crippen molar-refractivity contribution in [2.45, 2.75) is 30.7 Å². The minimum absolute atomic E-state index is 0.000999. The highest BCUT2D eigenvalue weighted by Gasteiger charge is 2.28. The zero-order valence-corrected chi connectivity index (χ0v) is 14.7. The fourth-order valence-corrected chi connectivity index (χ4v) is 6.03. The number of sulfonamides is 1. The number of aromatic carboxylic acids is 1. The Bertz CT molecular complexity index is 629. The van der Waals surface area contributed by atoms with Gasteiger partial charge in [-0.25, -0.2) is 17.9 Å². The molecule has 1 unspecified atom stereocenters. The van der Waals surface area contributed by atoms with Crippen LogP contribution in [-0.4, -0.2) is 50.1 Å². The van der Waals surface area contributed by atoms with Crippen molar-refractivity contribution in [3.63, 3.8) is 0 Å². The number of carboxylic acids is 1. The van der Waals surface area contributed by atoms with Crippen LogP contribution < -0.4 is 4.72 Å². The van der Waals surface area contributed by atoms with Crippen molar-refractivity contribution in [3.8, 4) is 0 Å². The van der Waals surface area contributed by atoms with Crippen LogP contribution >= 0.6 is 27.3 Å². The molecule has 1 atom stereocenters. The number of thiophene rings is 1. The van der Waals surface area contributed by atoms with Crippen molar-refractivity contribution in [1.29, 1.82) is 0 Å². The summed E-state index contributed by atoms with van der Waals surface area (Å²) in [5.41, 5.74) is 0. The average molecular weight is 397 g/mol. The molecule has 2 heterocycles. The van der Waals surface area contributed by atoms with Gasteiger partial charge in [-0.2, -0.15) is 0 Å². The highest BCUT2D eigenvalue weighted by molar-refractivity contribution is 9.11. The Morgan fingerprint density at radius 1 is 1.62 bits per heavy atom. The molecule has 0 bridgehead atoms.